The van der Waals surface area contributed by atoms with Gasteiger partial charge in [-0.2, -0.15) is 0 Å². The number of ether oxygens (including phenoxy) is 1. The summed E-state index contributed by atoms with van der Waals surface area (Å²) in [7, 11) is 1.27. The maximum absolute atomic E-state index is 6.31. The van der Waals surface area contributed by atoms with Gasteiger partial charge in [-0.3, -0.25) is 0 Å². The van der Waals surface area contributed by atoms with Crippen molar-refractivity contribution in [3.05, 3.63) is 29.7 Å². The van der Waals surface area contributed by atoms with Crippen LogP contribution in [0.3, 0.4) is 0 Å². The lowest BCUT2D eigenvalue weighted by molar-refractivity contribution is 0.00578. The zero-order valence-electron chi connectivity index (χ0n) is 17.3. The number of fused-ring (bicyclic) bond motifs is 3. The van der Waals surface area contributed by atoms with Crippen molar-refractivity contribution < 1.29 is 14.0 Å². The maximum Gasteiger partial charge on any atom is 0.498 e. The Hall–Kier alpha value is -1.79. The first-order valence-corrected chi connectivity index (χ1v) is 9.88. The molecule has 0 radical (unpaired) electrons. The minimum Gasteiger partial charge on any atom is -0.497 e. The molecule has 0 aliphatic carbocycles. The van der Waals surface area contributed by atoms with Gasteiger partial charge in [-0.1, -0.05) is 13.3 Å². The minimum atomic E-state index is -0.442. The number of nitrogens with zero attached hydrogens (tertiary/aromatic N) is 2. The Morgan fingerprint density at radius 3 is 2.52 bits per heavy atom. The molecule has 0 amide bonds. The van der Waals surface area contributed by atoms with E-state index in [-0.39, 0.29) is 11.2 Å². The zero-order valence-corrected chi connectivity index (χ0v) is 17.3. The predicted octanol–water partition coefficient (Wildman–Crippen LogP) is 3.37. The molecule has 0 saturated carbocycles. The highest BCUT2D eigenvalue weighted by Gasteiger charge is 2.52. The molecule has 2 aromatic rings. The van der Waals surface area contributed by atoms with Gasteiger partial charge in [-0.25, -0.2) is 4.98 Å². The van der Waals surface area contributed by atoms with Crippen LogP contribution < -0.4 is 10.2 Å². The summed E-state index contributed by atoms with van der Waals surface area (Å²) < 4.78 is 20.6. The number of benzene rings is 1. The number of rotatable bonds is 4. The first-order valence-electron chi connectivity index (χ1n) is 9.88. The van der Waals surface area contributed by atoms with Gasteiger partial charge in [0.25, 0.3) is 0 Å². The highest BCUT2D eigenvalue weighted by atomic mass is 16.7. The number of hydrogen-bond acceptors (Lipinski definition) is 4. The van der Waals surface area contributed by atoms with Crippen LogP contribution in [0.25, 0.3) is 11.3 Å². The lowest BCUT2D eigenvalue weighted by atomic mass is 9.75. The third-order valence-electron chi connectivity index (χ3n) is 6.24. The Bertz CT molecular complexity index is 857. The van der Waals surface area contributed by atoms with E-state index in [9.17, 15) is 0 Å². The third-order valence-corrected chi connectivity index (χ3v) is 6.24. The van der Waals surface area contributed by atoms with E-state index in [0.29, 0.717) is 0 Å². The van der Waals surface area contributed by atoms with Crippen molar-refractivity contribution in [2.75, 3.05) is 7.11 Å². The van der Waals surface area contributed by atoms with E-state index in [1.807, 2.05) is 6.33 Å². The van der Waals surface area contributed by atoms with Crippen molar-refractivity contribution in [3.63, 3.8) is 0 Å². The summed E-state index contributed by atoms with van der Waals surface area (Å²) in [5.74, 6) is 0.831. The Labute approximate surface area is 162 Å². The van der Waals surface area contributed by atoms with Crippen LogP contribution >= 0.6 is 0 Å². The quantitative estimate of drug-likeness (QED) is 0.777. The van der Waals surface area contributed by atoms with Crippen LogP contribution in [0.4, 0.5) is 0 Å². The molecule has 27 heavy (non-hydrogen) atoms. The second kappa shape index (κ2) is 6.38. The third kappa shape index (κ3) is 2.90. The van der Waals surface area contributed by atoms with E-state index in [2.05, 4.69) is 56.3 Å². The highest BCUT2D eigenvalue weighted by Crippen LogP contribution is 2.39. The van der Waals surface area contributed by atoms with Crippen molar-refractivity contribution in [2.45, 2.75) is 71.6 Å². The second-order valence-electron chi connectivity index (χ2n) is 8.57. The fourth-order valence-electron chi connectivity index (χ4n) is 3.96. The van der Waals surface area contributed by atoms with E-state index in [4.69, 9.17) is 14.0 Å². The predicted molar refractivity (Wildman–Crippen MR) is 108 cm³/mol. The standard InChI is InChI=1S/C21H29BN2O3/c1-7-8-17-19-15-12-16(22-26-20(2,3)21(4,5)27-22)18(25-6)11-14(15)9-10-24(19)13-23-17/h11-13H,7-10H2,1-6H3. The Morgan fingerprint density at radius 1 is 1.19 bits per heavy atom. The number of imidazole rings is 1. The van der Waals surface area contributed by atoms with E-state index in [1.165, 1.54) is 22.5 Å². The molecule has 2 aliphatic heterocycles. The summed E-state index contributed by atoms with van der Waals surface area (Å²) in [4.78, 5) is 4.67. The van der Waals surface area contributed by atoms with Crippen LogP contribution in [-0.4, -0.2) is 35.0 Å². The highest BCUT2D eigenvalue weighted by molar-refractivity contribution is 6.63. The molecule has 1 aromatic heterocycles. The van der Waals surface area contributed by atoms with Crippen molar-refractivity contribution >= 4 is 12.6 Å². The molecule has 0 unspecified atom stereocenters. The number of methoxy groups -OCH3 is 1. The first kappa shape index (κ1) is 18.6. The Morgan fingerprint density at radius 2 is 1.89 bits per heavy atom. The molecule has 2 aliphatic rings. The van der Waals surface area contributed by atoms with Gasteiger partial charge in [0.2, 0.25) is 0 Å². The summed E-state index contributed by atoms with van der Waals surface area (Å²) in [5.41, 5.74) is 5.13. The molecule has 0 spiro atoms. The minimum absolute atomic E-state index is 0.381. The topological polar surface area (TPSA) is 45.5 Å². The van der Waals surface area contributed by atoms with Gasteiger partial charge in [0.1, 0.15) is 5.75 Å². The average molecular weight is 368 g/mol. The molecular weight excluding hydrogens is 339 g/mol. The van der Waals surface area contributed by atoms with Crippen molar-refractivity contribution in [1.82, 2.24) is 9.55 Å². The number of aromatic nitrogens is 2. The van der Waals surface area contributed by atoms with E-state index >= 15 is 0 Å². The molecule has 6 heteroatoms. The van der Waals surface area contributed by atoms with Gasteiger partial charge in [0.15, 0.2) is 0 Å². The van der Waals surface area contributed by atoms with Gasteiger partial charge in [-0.05, 0) is 58.2 Å². The molecule has 4 rings (SSSR count). The molecule has 144 valence electrons. The van der Waals surface area contributed by atoms with Crippen LogP contribution in [0.1, 0.15) is 52.3 Å². The fourth-order valence-corrected chi connectivity index (χ4v) is 3.96. The molecule has 0 atom stereocenters. The van der Waals surface area contributed by atoms with Gasteiger partial charge in [-0.15, -0.1) is 0 Å². The Balaban J connectivity index is 1.82. The molecule has 0 bridgehead atoms. The van der Waals surface area contributed by atoms with Crippen LogP contribution in [0.2, 0.25) is 0 Å². The number of aryl methyl sites for hydroxylation is 3. The van der Waals surface area contributed by atoms with Crippen LogP contribution in [0, 0.1) is 0 Å². The van der Waals surface area contributed by atoms with Gasteiger partial charge >= 0.3 is 7.12 Å². The largest absolute Gasteiger partial charge is 0.498 e. The Kier molecular flexibility index (Phi) is 4.39. The molecule has 0 N–H and O–H groups in total. The maximum atomic E-state index is 6.31. The lowest BCUT2D eigenvalue weighted by Gasteiger charge is -2.32. The van der Waals surface area contributed by atoms with Gasteiger partial charge in [0.05, 0.1) is 36.0 Å². The molecule has 1 aromatic carbocycles. The number of hydrogen-bond donors (Lipinski definition) is 0. The SMILES string of the molecule is CCCc1ncn2c1-c1cc(B3OC(C)(C)C(C)(C)O3)c(OC)cc1CC2. The van der Waals surface area contributed by atoms with Crippen molar-refractivity contribution in [1.29, 1.82) is 0 Å². The van der Waals surface area contributed by atoms with Gasteiger partial charge < -0.3 is 18.6 Å². The van der Waals surface area contributed by atoms with E-state index < -0.39 is 7.12 Å². The summed E-state index contributed by atoms with van der Waals surface area (Å²) in [6.45, 7) is 11.5. The van der Waals surface area contributed by atoms with Crippen LogP contribution in [0.15, 0.2) is 18.5 Å². The van der Waals surface area contributed by atoms with Crippen LogP contribution in [-0.2, 0) is 28.7 Å². The van der Waals surface area contributed by atoms with E-state index in [0.717, 1.165) is 37.0 Å². The molecule has 1 saturated heterocycles. The van der Waals surface area contributed by atoms with Gasteiger partial charge in [0, 0.05) is 17.6 Å². The molecule has 1 fully saturated rings. The monoisotopic (exact) mass is 368 g/mol. The molecular formula is C21H29BN2O3. The van der Waals surface area contributed by atoms with E-state index in [1.54, 1.807) is 7.11 Å². The first-order chi connectivity index (χ1) is 12.8. The smallest absolute Gasteiger partial charge is 0.497 e. The molecule has 5 nitrogen and oxygen atoms in total. The van der Waals surface area contributed by atoms with Crippen LogP contribution in [0.5, 0.6) is 5.75 Å². The summed E-state index contributed by atoms with van der Waals surface area (Å²) in [5, 5.41) is 0. The summed E-state index contributed by atoms with van der Waals surface area (Å²) in [6, 6.07) is 4.35. The molecule has 3 heterocycles. The van der Waals surface area contributed by atoms with Crippen molar-refractivity contribution in [2.24, 2.45) is 0 Å². The normalized spacial score (nSPS) is 19.7. The zero-order chi connectivity index (χ0) is 19.4. The fraction of sp³-hybridized carbons (Fsp3) is 0.571. The lowest BCUT2D eigenvalue weighted by Crippen LogP contribution is -2.41. The van der Waals surface area contributed by atoms with Crippen molar-refractivity contribution in [3.8, 4) is 17.0 Å². The summed E-state index contributed by atoms with van der Waals surface area (Å²) >= 11 is 0. The average Bonchev–Trinajstić information content (AvgIpc) is 3.12. The summed E-state index contributed by atoms with van der Waals surface area (Å²) in [6.07, 6.45) is 5.02. The second-order valence-corrected chi connectivity index (χ2v) is 8.57.